The summed E-state index contributed by atoms with van der Waals surface area (Å²) < 4.78 is 6.08. The highest BCUT2D eigenvalue weighted by molar-refractivity contribution is 5.83. The molecule has 2 aromatic rings. The third-order valence-electron chi connectivity index (χ3n) is 7.44. The zero-order valence-corrected chi connectivity index (χ0v) is 20.9. The molecule has 1 N–H and O–H groups in total. The Morgan fingerprint density at radius 1 is 1.06 bits per heavy atom. The molecule has 0 atom stereocenters. The lowest BCUT2D eigenvalue weighted by Gasteiger charge is -2.43. The number of para-hydroxylation sites is 1. The van der Waals surface area contributed by atoms with Gasteiger partial charge in [0.05, 0.1) is 30.7 Å². The molecule has 7 nitrogen and oxygen atoms in total. The Hall–Kier alpha value is -2.93. The summed E-state index contributed by atoms with van der Waals surface area (Å²) in [6, 6.07) is 13.9. The molecule has 2 amide bonds. The molecular formula is C28H38N4O3. The molecule has 0 unspecified atom stereocenters. The van der Waals surface area contributed by atoms with E-state index < -0.39 is 0 Å². The second-order valence-corrected chi connectivity index (χ2v) is 9.70. The SMILES string of the molecule is CCN1CCOc2ccccc2CCCCC2(CCN(CC(=O)NCc3ccccn3)CC2)C1=O. The molecule has 4 rings (SSSR count). The van der Waals surface area contributed by atoms with Gasteiger partial charge in [0.25, 0.3) is 0 Å². The second-order valence-electron chi connectivity index (χ2n) is 9.70. The van der Waals surface area contributed by atoms with Gasteiger partial charge in [0, 0.05) is 12.7 Å². The highest BCUT2D eigenvalue weighted by Crippen LogP contribution is 2.39. The molecule has 1 fully saturated rings. The number of likely N-dealkylation sites (N-methyl/N-ethyl adjacent to an activating group) is 1. The predicted octanol–water partition coefficient (Wildman–Crippen LogP) is 3.43. The van der Waals surface area contributed by atoms with E-state index in [-0.39, 0.29) is 17.2 Å². The molecule has 0 radical (unpaired) electrons. The van der Waals surface area contributed by atoms with Gasteiger partial charge in [-0.15, -0.1) is 0 Å². The summed E-state index contributed by atoms with van der Waals surface area (Å²) in [5.41, 5.74) is 1.77. The third kappa shape index (κ3) is 6.60. The van der Waals surface area contributed by atoms with Crippen molar-refractivity contribution in [1.29, 1.82) is 0 Å². The Morgan fingerprint density at radius 3 is 2.63 bits per heavy atom. The van der Waals surface area contributed by atoms with Crippen molar-refractivity contribution in [3.63, 3.8) is 0 Å². The molecule has 2 aliphatic heterocycles. The Morgan fingerprint density at radius 2 is 1.86 bits per heavy atom. The van der Waals surface area contributed by atoms with E-state index in [0.29, 0.717) is 32.8 Å². The van der Waals surface area contributed by atoms with Gasteiger partial charge in [-0.1, -0.05) is 30.7 Å². The summed E-state index contributed by atoms with van der Waals surface area (Å²) in [6.07, 6.45) is 7.27. The van der Waals surface area contributed by atoms with Crippen molar-refractivity contribution in [2.75, 3.05) is 39.3 Å². The molecule has 1 aromatic carbocycles. The zero-order chi connectivity index (χ0) is 24.5. The van der Waals surface area contributed by atoms with Crippen molar-refractivity contribution in [2.24, 2.45) is 5.41 Å². The predicted molar refractivity (Wildman–Crippen MR) is 136 cm³/mol. The summed E-state index contributed by atoms with van der Waals surface area (Å²) in [6.45, 7) is 6.17. The molecule has 0 aliphatic carbocycles. The third-order valence-corrected chi connectivity index (χ3v) is 7.44. The van der Waals surface area contributed by atoms with Crippen molar-refractivity contribution in [3.8, 4) is 5.75 Å². The van der Waals surface area contributed by atoms with Crippen molar-refractivity contribution < 1.29 is 14.3 Å². The maximum atomic E-state index is 13.8. The number of nitrogens with one attached hydrogen (secondary N) is 1. The molecule has 3 heterocycles. The first-order valence-electron chi connectivity index (χ1n) is 13.0. The lowest BCUT2D eigenvalue weighted by Crippen LogP contribution is -2.52. The molecule has 7 heteroatoms. The Bertz CT molecular complexity index is 973. The van der Waals surface area contributed by atoms with Crippen LogP contribution < -0.4 is 10.1 Å². The molecule has 1 saturated heterocycles. The van der Waals surface area contributed by atoms with Crippen LogP contribution >= 0.6 is 0 Å². The Labute approximate surface area is 208 Å². The number of carbonyl (C=O) groups excluding carboxylic acids is 2. The fraction of sp³-hybridized carbons (Fsp3) is 0.536. The number of hydrogen-bond acceptors (Lipinski definition) is 5. The number of amides is 2. The number of aryl methyl sites for hydroxylation is 1. The molecule has 188 valence electrons. The van der Waals surface area contributed by atoms with E-state index in [1.165, 1.54) is 5.56 Å². The van der Waals surface area contributed by atoms with Crippen molar-refractivity contribution in [3.05, 3.63) is 59.9 Å². The average molecular weight is 479 g/mol. The van der Waals surface area contributed by atoms with Crippen molar-refractivity contribution >= 4 is 11.8 Å². The van der Waals surface area contributed by atoms with Crippen LogP contribution in [0.25, 0.3) is 0 Å². The van der Waals surface area contributed by atoms with E-state index in [1.54, 1.807) is 6.20 Å². The van der Waals surface area contributed by atoms with Gasteiger partial charge in [0.2, 0.25) is 11.8 Å². The van der Waals surface area contributed by atoms with Crippen molar-refractivity contribution in [1.82, 2.24) is 20.1 Å². The molecule has 0 saturated carbocycles. The van der Waals surface area contributed by atoms with E-state index >= 15 is 0 Å². The van der Waals surface area contributed by atoms with Crippen LogP contribution in [0.15, 0.2) is 48.7 Å². The zero-order valence-electron chi connectivity index (χ0n) is 20.9. The minimum atomic E-state index is -0.338. The Balaban J connectivity index is 1.35. The quantitative estimate of drug-likeness (QED) is 0.713. The first-order chi connectivity index (χ1) is 17.1. The van der Waals surface area contributed by atoms with E-state index in [4.69, 9.17) is 4.74 Å². The van der Waals surface area contributed by atoms with Crippen LogP contribution in [0.3, 0.4) is 0 Å². The number of benzene rings is 1. The maximum Gasteiger partial charge on any atom is 0.234 e. The highest BCUT2D eigenvalue weighted by atomic mass is 16.5. The van der Waals surface area contributed by atoms with Gasteiger partial charge in [0.15, 0.2) is 0 Å². The average Bonchev–Trinajstić information content (AvgIpc) is 2.89. The highest BCUT2D eigenvalue weighted by Gasteiger charge is 2.43. The van der Waals surface area contributed by atoms with Crippen molar-refractivity contribution in [2.45, 2.75) is 52.0 Å². The number of carbonyl (C=O) groups is 2. The second kappa shape index (κ2) is 12.2. The number of rotatable bonds is 5. The lowest BCUT2D eigenvalue weighted by atomic mass is 9.73. The van der Waals surface area contributed by atoms with Gasteiger partial charge in [-0.05, 0) is 75.9 Å². The summed E-state index contributed by atoms with van der Waals surface area (Å²) in [7, 11) is 0. The summed E-state index contributed by atoms with van der Waals surface area (Å²) in [5, 5.41) is 2.96. The fourth-order valence-electron chi connectivity index (χ4n) is 5.30. The van der Waals surface area contributed by atoms with Crippen LogP contribution in [0, 0.1) is 5.41 Å². The van der Waals surface area contributed by atoms with E-state index in [0.717, 1.165) is 63.1 Å². The number of pyridine rings is 1. The fourth-order valence-corrected chi connectivity index (χ4v) is 5.30. The van der Waals surface area contributed by atoms with Gasteiger partial charge in [-0.25, -0.2) is 0 Å². The number of fused-ring (bicyclic) bond motifs is 1. The normalized spacial score (nSPS) is 19.2. The van der Waals surface area contributed by atoms with Gasteiger partial charge >= 0.3 is 0 Å². The van der Waals surface area contributed by atoms with Crippen LogP contribution in [0.2, 0.25) is 0 Å². The first-order valence-corrected chi connectivity index (χ1v) is 13.0. The van der Waals surface area contributed by atoms with Crippen LogP contribution in [-0.2, 0) is 22.6 Å². The van der Waals surface area contributed by atoms with Gasteiger partial charge in [-0.2, -0.15) is 0 Å². The van der Waals surface area contributed by atoms with Gasteiger partial charge in [-0.3, -0.25) is 19.5 Å². The van der Waals surface area contributed by atoms with E-state index in [1.807, 2.05) is 42.2 Å². The van der Waals surface area contributed by atoms with Crippen LogP contribution in [0.5, 0.6) is 5.75 Å². The number of hydrogen-bond donors (Lipinski definition) is 1. The van der Waals surface area contributed by atoms with Crippen LogP contribution in [0.4, 0.5) is 0 Å². The van der Waals surface area contributed by atoms with Crippen LogP contribution in [0.1, 0.15) is 50.3 Å². The minimum absolute atomic E-state index is 0.00243. The molecule has 1 aromatic heterocycles. The standard InChI is InChI=1S/C28H38N4O3/c1-2-32-19-20-35-25-12-4-3-9-23(25)10-5-7-13-28(27(32)34)14-17-31(18-15-28)22-26(33)30-21-24-11-6-8-16-29-24/h3-4,6,8-9,11-12,16H,2,5,7,10,13-15,17-22H2,1H3,(H,30,33). The number of aromatic nitrogens is 1. The molecule has 0 bridgehead atoms. The molecular weight excluding hydrogens is 440 g/mol. The molecule has 35 heavy (non-hydrogen) atoms. The molecule has 1 spiro atoms. The van der Waals surface area contributed by atoms with Crippen LogP contribution in [-0.4, -0.2) is 65.9 Å². The number of nitrogens with zero attached hydrogens (tertiary/aromatic N) is 3. The summed E-state index contributed by atoms with van der Waals surface area (Å²) >= 11 is 0. The smallest absolute Gasteiger partial charge is 0.234 e. The topological polar surface area (TPSA) is 74.8 Å². The number of piperidine rings is 1. The summed E-state index contributed by atoms with van der Waals surface area (Å²) in [5.74, 6) is 1.21. The van der Waals surface area contributed by atoms with Gasteiger partial charge in [0.1, 0.15) is 12.4 Å². The number of ether oxygens (including phenoxy) is 1. The number of likely N-dealkylation sites (tertiary alicyclic amines) is 1. The van der Waals surface area contributed by atoms with E-state index in [2.05, 4.69) is 27.3 Å². The minimum Gasteiger partial charge on any atom is -0.491 e. The first kappa shape index (κ1) is 25.2. The maximum absolute atomic E-state index is 13.8. The largest absolute Gasteiger partial charge is 0.491 e. The lowest BCUT2D eigenvalue weighted by molar-refractivity contribution is -0.146. The van der Waals surface area contributed by atoms with E-state index in [9.17, 15) is 9.59 Å². The van der Waals surface area contributed by atoms with Gasteiger partial charge < -0.3 is 15.0 Å². The summed E-state index contributed by atoms with van der Waals surface area (Å²) in [4.78, 5) is 34.7. The Kier molecular flexibility index (Phi) is 8.74. The monoisotopic (exact) mass is 478 g/mol. The molecule has 2 aliphatic rings.